The second-order valence-electron chi connectivity index (χ2n) is 6.73. The topological polar surface area (TPSA) is 75.2 Å². The van der Waals surface area contributed by atoms with Crippen LogP contribution >= 0.6 is 24.0 Å². The number of anilines is 1. The average molecular weight is 504 g/mol. The van der Waals surface area contributed by atoms with Crippen molar-refractivity contribution in [2.45, 2.75) is 26.7 Å². The summed E-state index contributed by atoms with van der Waals surface area (Å²) in [6.07, 6.45) is 2.63. The first kappa shape index (κ1) is 24.5. The molecule has 8 heteroatoms. The largest absolute Gasteiger partial charge is 0.492 e. The summed E-state index contributed by atoms with van der Waals surface area (Å²) in [6.45, 7) is 7.75. The third-order valence-electron chi connectivity index (χ3n) is 4.09. The third kappa shape index (κ3) is 10.1. The van der Waals surface area contributed by atoms with E-state index in [-0.39, 0.29) is 29.9 Å². The van der Waals surface area contributed by atoms with Gasteiger partial charge >= 0.3 is 0 Å². The van der Waals surface area contributed by atoms with E-state index in [1.54, 1.807) is 6.07 Å². The molecule has 0 bridgehead atoms. The molecule has 1 saturated carbocycles. The number of benzene rings is 1. The number of halogens is 1. The van der Waals surface area contributed by atoms with Gasteiger partial charge in [0.25, 0.3) is 0 Å². The standard InChI is InChI=1S/C20H32N4O3.HI/c1-4-21-20(24(3)11-13-26-15-17-8-9-17)22-10-12-27-19-7-5-6-18(14-19)23-16(2)25;/h5-7,14,17H,4,8-13,15H2,1-3H3,(H,21,22)(H,23,25);1H. The van der Waals surface area contributed by atoms with Crippen LogP contribution in [0.1, 0.15) is 26.7 Å². The molecule has 1 aliphatic carbocycles. The molecule has 28 heavy (non-hydrogen) atoms. The molecule has 0 radical (unpaired) electrons. The monoisotopic (exact) mass is 504 g/mol. The first-order valence-corrected chi connectivity index (χ1v) is 9.66. The van der Waals surface area contributed by atoms with Crippen molar-refractivity contribution in [3.05, 3.63) is 24.3 Å². The number of aliphatic imine (C=N–C) groups is 1. The molecule has 0 atom stereocenters. The number of nitrogens with one attached hydrogen (secondary N) is 2. The summed E-state index contributed by atoms with van der Waals surface area (Å²) in [7, 11) is 2.01. The zero-order valence-electron chi connectivity index (χ0n) is 17.1. The molecule has 0 aliphatic heterocycles. The highest BCUT2D eigenvalue weighted by Crippen LogP contribution is 2.28. The van der Waals surface area contributed by atoms with Crippen molar-refractivity contribution in [1.82, 2.24) is 10.2 Å². The van der Waals surface area contributed by atoms with Gasteiger partial charge in [-0.3, -0.25) is 4.79 Å². The van der Waals surface area contributed by atoms with Crippen LogP contribution < -0.4 is 15.4 Å². The summed E-state index contributed by atoms with van der Waals surface area (Å²) in [4.78, 5) is 17.8. The maximum Gasteiger partial charge on any atom is 0.221 e. The minimum absolute atomic E-state index is 0. The molecular weight excluding hydrogens is 471 g/mol. The van der Waals surface area contributed by atoms with E-state index in [1.165, 1.54) is 19.8 Å². The first-order valence-electron chi connectivity index (χ1n) is 9.66. The van der Waals surface area contributed by atoms with Crippen LogP contribution in [0.5, 0.6) is 5.75 Å². The Morgan fingerprint density at radius 2 is 2.11 bits per heavy atom. The molecule has 0 saturated heterocycles. The van der Waals surface area contributed by atoms with Crippen LogP contribution in [0, 0.1) is 5.92 Å². The summed E-state index contributed by atoms with van der Waals surface area (Å²) in [5.74, 6) is 2.25. The average Bonchev–Trinajstić information content (AvgIpc) is 3.45. The summed E-state index contributed by atoms with van der Waals surface area (Å²) < 4.78 is 11.4. The lowest BCUT2D eigenvalue weighted by Gasteiger charge is -2.22. The highest BCUT2D eigenvalue weighted by Gasteiger charge is 2.21. The fourth-order valence-corrected chi connectivity index (χ4v) is 2.49. The SMILES string of the molecule is CCNC(=NCCOc1cccc(NC(C)=O)c1)N(C)CCOCC1CC1.I. The molecule has 1 fully saturated rings. The minimum Gasteiger partial charge on any atom is -0.492 e. The lowest BCUT2D eigenvalue weighted by atomic mass is 10.3. The van der Waals surface area contributed by atoms with Gasteiger partial charge in [-0.2, -0.15) is 0 Å². The van der Waals surface area contributed by atoms with Gasteiger partial charge in [0.2, 0.25) is 5.91 Å². The summed E-state index contributed by atoms with van der Waals surface area (Å²) in [5, 5.41) is 6.04. The number of nitrogens with zero attached hydrogens (tertiary/aromatic N) is 2. The van der Waals surface area contributed by atoms with Gasteiger partial charge in [-0.15, -0.1) is 24.0 Å². The molecule has 1 aliphatic rings. The Labute approximate surface area is 185 Å². The number of ether oxygens (including phenoxy) is 2. The fraction of sp³-hybridized carbons (Fsp3) is 0.600. The van der Waals surface area contributed by atoms with Crippen LogP contribution in [0.15, 0.2) is 29.3 Å². The van der Waals surface area contributed by atoms with Gasteiger partial charge in [0.1, 0.15) is 12.4 Å². The molecular formula is C20H33IN4O3. The quantitative estimate of drug-likeness (QED) is 0.210. The van der Waals surface area contributed by atoms with E-state index in [0.717, 1.165) is 37.3 Å². The van der Waals surface area contributed by atoms with Crippen LogP contribution in [0.2, 0.25) is 0 Å². The number of carbonyl (C=O) groups excluding carboxylic acids is 1. The maximum atomic E-state index is 11.1. The molecule has 0 unspecified atom stereocenters. The van der Waals surface area contributed by atoms with Gasteiger partial charge in [-0.05, 0) is 37.8 Å². The lowest BCUT2D eigenvalue weighted by molar-refractivity contribution is -0.114. The van der Waals surface area contributed by atoms with Crippen LogP contribution in [-0.2, 0) is 9.53 Å². The van der Waals surface area contributed by atoms with E-state index in [4.69, 9.17) is 9.47 Å². The normalized spacial score (nSPS) is 13.5. The third-order valence-corrected chi connectivity index (χ3v) is 4.09. The molecule has 1 amide bonds. The Hall–Kier alpha value is -1.55. The molecule has 2 rings (SSSR count). The molecule has 1 aromatic rings. The smallest absolute Gasteiger partial charge is 0.221 e. The minimum atomic E-state index is -0.101. The maximum absolute atomic E-state index is 11.1. The molecule has 1 aromatic carbocycles. The number of hydrogen-bond donors (Lipinski definition) is 2. The number of guanidine groups is 1. The number of amides is 1. The highest BCUT2D eigenvalue weighted by molar-refractivity contribution is 14.0. The molecule has 158 valence electrons. The van der Waals surface area contributed by atoms with Crippen molar-refractivity contribution >= 4 is 41.5 Å². The van der Waals surface area contributed by atoms with Crippen molar-refractivity contribution in [3.63, 3.8) is 0 Å². The molecule has 0 heterocycles. The van der Waals surface area contributed by atoms with E-state index < -0.39 is 0 Å². The van der Waals surface area contributed by atoms with E-state index in [1.807, 2.05) is 25.2 Å². The Morgan fingerprint density at radius 1 is 1.32 bits per heavy atom. The van der Waals surface area contributed by atoms with Crippen molar-refractivity contribution in [2.75, 3.05) is 51.8 Å². The fourth-order valence-electron chi connectivity index (χ4n) is 2.49. The summed E-state index contributed by atoms with van der Waals surface area (Å²) in [6, 6.07) is 7.35. The van der Waals surface area contributed by atoms with Crippen LogP contribution in [0.4, 0.5) is 5.69 Å². The van der Waals surface area contributed by atoms with E-state index in [0.29, 0.717) is 25.5 Å². The lowest BCUT2D eigenvalue weighted by Crippen LogP contribution is -2.40. The summed E-state index contributed by atoms with van der Waals surface area (Å²) in [5.41, 5.74) is 0.725. The highest BCUT2D eigenvalue weighted by atomic mass is 127. The zero-order chi connectivity index (χ0) is 19.5. The van der Waals surface area contributed by atoms with Crippen molar-refractivity contribution in [1.29, 1.82) is 0 Å². The summed E-state index contributed by atoms with van der Waals surface area (Å²) >= 11 is 0. The Balaban J connectivity index is 0.00000392. The van der Waals surface area contributed by atoms with E-state index >= 15 is 0 Å². The van der Waals surface area contributed by atoms with Crippen molar-refractivity contribution in [3.8, 4) is 5.75 Å². The van der Waals surface area contributed by atoms with Crippen molar-refractivity contribution < 1.29 is 14.3 Å². The molecule has 2 N–H and O–H groups in total. The second kappa shape index (κ2) is 13.6. The van der Waals surface area contributed by atoms with Crippen LogP contribution in [0.25, 0.3) is 0 Å². The Bertz CT molecular complexity index is 623. The zero-order valence-corrected chi connectivity index (χ0v) is 19.4. The predicted octanol–water partition coefficient (Wildman–Crippen LogP) is 2.97. The first-order chi connectivity index (χ1) is 13.1. The van der Waals surface area contributed by atoms with Gasteiger partial charge in [0.15, 0.2) is 5.96 Å². The van der Waals surface area contributed by atoms with E-state index in [9.17, 15) is 4.79 Å². The van der Waals surface area contributed by atoms with Gasteiger partial charge < -0.3 is 25.0 Å². The van der Waals surface area contributed by atoms with Gasteiger partial charge in [-0.1, -0.05) is 6.07 Å². The molecule has 0 aromatic heterocycles. The van der Waals surface area contributed by atoms with Crippen molar-refractivity contribution in [2.24, 2.45) is 10.9 Å². The number of likely N-dealkylation sites (N-methyl/N-ethyl adjacent to an activating group) is 1. The van der Waals surface area contributed by atoms with Crippen LogP contribution in [-0.4, -0.2) is 63.3 Å². The predicted molar refractivity (Wildman–Crippen MR) is 124 cm³/mol. The van der Waals surface area contributed by atoms with Gasteiger partial charge in [-0.25, -0.2) is 4.99 Å². The van der Waals surface area contributed by atoms with Gasteiger partial charge in [0, 0.05) is 45.4 Å². The van der Waals surface area contributed by atoms with Gasteiger partial charge in [0.05, 0.1) is 13.2 Å². The number of rotatable bonds is 11. The van der Waals surface area contributed by atoms with E-state index in [2.05, 4.69) is 27.4 Å². The Morgan fingerprint density at radius 3 is 2.79 bits per heavy atom. The molecule has 0 spiro atoms. The number of hydrogen-bond acceptors (Lipinski definition) is 4. The molecule has 7 nitrogen and oxygen atoms in total. The second-order valence-corrected chi connectivity index (χ2v) is 6.73. The number of carbonyl (C=O) groups is 1. The Kier molecular flexibility index (Phi) is 11.9. The van der Waals surface area contributed by atoms with Crippen LogP contribution in [0.3, 0.4) is 0 Å².